The lowest BCUT2D eigenvalue weighted by Gasteiger charge is -2.11. The number of benzene rings is 2. The quantitative estimate of drug-likeness (QED) is 0.636. The monoisotopic (exact) mass is 388 g/mol. The summed E-state index contributed by atoms with van der Waals surface area (Å²) in [6.07, 6.45) is 0. The second kappa shape index (κ2) is 7.26. The standard InChI is InChI=1S/C19H15F3N4O2/c1-10-6-16(25-13-4-3-12(20)17(21)18(13)22)26-19(24-10)23-8-11-2-5-14-15(7-11)28-9-27-14/h2-7H,8-9H2,1H3,(H2,23,24,25,26). The summed E-state index contributed by atoms with van der Waals surface area (Å²) >= 11 is 0. The summed E-state index contributed by atoms with van der Waals surface area (Å²) in [6, 6.07) is 9.05. The largest absolute Gasteiger partial charge is 0.454 e. The van der Waals surface area contributed by atoms with E-state index in [0.29, 0.717) is 29.7 Å². The Morgan fingerprint density at radius 3 is 2.64 bits per heavy atom. The van der Waals surface area contributed by atoms with E-state index in [0.717, 1.165) is 17.7 Å². The average molecular weight is 388 g/mol. The third-order valence-corrected chi connectivity index (χ3v) is 4.04. The Morgan fingerprint density at radius 1 is 0.964 bits per heavy atom. The van der Waals surface area contributed by atoms with Crippen LogP contribution in [0.5, 0.6) is 11.5 Å². The molecule has 28 heavy (non-hydrogen) atoms. The Morgan fingerprint density at radius 2 is 1.79 bits per heavy atom. The molecule has 0 amide bonds. The molecule has 144 valence electrons. The van der Waals surface area contributed by atoms with Crippen molar-refractivity contribution < 1.29 is 22.6 Å². The zero-order valence-corrected chi connectivity index (χ0v) is 14.7. The first kappa shape index (κ1) is 17.9. The van der Waals surface area contributed by atoms with Crippen LogP contribution in [0.15, 0.2) is 36.4 Å². The number of nitrogens with one attached hydrogen (secondary N) is 2. The van der Waals surface area contributed by atoms with Crippen LogP contribution in [0, 0.1) is 24.4 Å². The van der Waals surface area contributed by atoms with Crippen molar-refractivity contribution in [1.29, 1.82) is 0 Å². The zero-order valence-electron chi connectivity index (χ0n) is 14.7. The minimum Gasteiger partial charge on any atom is -0.454 e. The lowest BCUT2D eigenvalue weighted by Crippen LogP contribution is -2.07. The molecule has 0 atom stereocenters. The van der Waals surface area contributed by atoms with Crippen LogP contribution in [0.1, 0.15) is 11.3 Å². The van der Waals surface area contributed by atoms with Gasteiger partial charge in [0, 0.05) is 18.3 Å². The topological polar surface area (TPSA) is 68.3 Å². The predicted molar refractivity (Wildman–Crippen MR) is 96.3 cm³/mol. The first-order chi connectivity index (χ1) is 13.5. The van der Waals surface area contributed by atoms with E-state index in [1.54, 1.807) is 13.0 Å². The van der Waals surface area contributed by atoms with Gasteiger partial charge in [-0.05, 0) is 36.8 Å². The minimum absolute atomic E-state index is 0.197. The van der Waals surface area contributed by atoms with Gasteiger partial charge in [-0.1, -0.05) is 6.07 Å². The number of aryl methyl sites for hydroxylation is 1. The van der Waals surface area contributed by atoms with Gasteiger partial charge in [-0.3, -0.25) is 0 Å². The van der Waals surface area contributed by atoms with Crippen molar-refractivity contribution in [3.05, 3.63) is 65.1 Å². The fourth-order valence-corrected chi connectivity index (χ4v) is 2.70. The molecule has 2 heterocycles. The van der Waals surface area contributed by atoms with Gasteiger partial charge in [0.2, 0.25) is 12.7 Å². The van der Waals surface area contributed by atoms with Crippen LogP contribution in [0.4, 0.5) is 30.6 Å². The SMILES string of the molecule is Cc1cc(Nc2ccc(F)c(F)c2F)nc(NCc2ccc3c(c2)OCO3)n1. The Labute approximate surface area is 158 Å². The van der Waals surface area contributed by atoms with E-state index >= 15 is 0 Å². The summed E-state index contributed by atoms with van der Waals surface area (Å²) in [5, 5.41) is 5.71. The van der Waals surface area contributed by atoms with Crippen molar-refractivity contribution in [3.63, 3.8) is 0 Å². The van der Waals surface area contributed by atoms with Gasteiger partial charge in [-0.15, -0.1) is 0 Å². The van der Waals surface area contributed by atoms with Gasteiger partial charge in [0.15, 0.2) is 29.0 Å². The van der Waals surface area contributed by atoms with E-state index in [-0.39, 0.29) is 18.3 Å². The molecule has 0 aliphatic carbocycles. The molecule has 0 saturated carbocycles. The second-order valence-electron chi connectivity index (χ2n) is 6.11. The van der Waals surface area contributed by atoms with Gasteiger partial charge >= 0.3 is 0 Å². The number of hydrogen-bond donors (Lipinski definition) is 2. The van der Waals surface area contributed by atoms with Gasteiger partial charge in [0.1, 0.15) is 5.82 Å². The highest BCUT2D eigenvalue weighted by molar-refractivity contribution is 5.58. The molecule has 9 heteroatoms. The average Bonchev–Trinajstić information content (AvgIpc) is 3.14. The summed E-state index contributed by atoms with van der Waals surface area (Å²) in [4.78, 5) is 8.51. The number of halogens is 3. The van der Waals surface area contributed by atoms with Crippen LogP contribution >= 0.6 is 0 Å². The minimum atomic E-state index is -1.54. The maximum Gasteiger partial charge on any atom is 0.231 e. The molecule has 4 rings (SSSR count). The molecule has 0 spiro atoms. The summed E-state index contributed by atoms with van der Waals surface area (Å²) in [6.45, 7) is 2.35. The fourth-order valence-electron chi connectivity index (χ4n) is 2.70. The van der Waals surface area contributed by atoms with Gasteiger partial charge in [-0.25, -0.2) is 18.2 Å². The Balaban J connectivity index is 1.50. The highest BCUT2D eigenvalue weighted by atomic mass is 19.2. The molecule has 0 bridgehead atoms. The van der Waals surface area contributed by atoms with Crippen LogP contribution in [0.3, 0.4) is 0 Å². The van der Waals surface area contributed by atoms with E-state index in [1.807, 2.05) is 18.2 Å². The van der Waals surface area contributed by atoms with Gasteiger partial charge in [0.05, 0.1) is 5.69 Å². The second-order valence-corrected chi connectivity index (χ2v) is 6.11. The van der Waals surface area contributed by atoms with Crippen LogP contribution in [0.2, 0.25) is 0 Å². The number of aromatic nitrogens is 2. The summed E-state index contributed by atoms with van der Waals surface area (Å²) in [5.41, 5.74) is 1.31. The van der Waals surface area contributed by atoms with Crippen molar-refractivity contribution in [3.8, 4) is 11.5 Å². The molecule has 6 nitrogen and oxygen atoms in total. The molecule has 0 radical (unpaired) electrons. The Hall–Kier alpha value is -3.49. The van der Waals surface area contributed by atoms with Crippen molar-refractivity contribution in [2.45, 2.75) is 13.5 Å². The molecule has 1 aromatic heterocycles. The molecule has 2 aromatic carbocycles. The maximum atomic E-state index is 13.9. The van der Waals surface area contributed by atoms with Crippen molar-refractivity contribution in [2.24, 2.45) is 0 Å². The summed E-state index contributed by atoms with van der Waals surface area (Å²) in [7, 11) is 0. The number of fused-ring (bicyclic) bond motifs is 1. The molecule has 0 saturated heterocycles. The van der Waals surface area contributed by atoms with Gasteiger partial charge < -0.3 is 20.1 Å². The van der Waals surface area contributed by atoms with Crippen LogP contribution in [-0.2, 0) is 6.54 Å². The molecule has 1 aliphatic heterocycles. The van der Waals surface area contributed by atoms with Crippen molar-refractivity contribution >= 4 is 17.5 Å². The molecule has 0 unspecified atom stereocenters. The summed E-state index contributed by atoms with van der Waals surface area (Å²) < 4.78 is 51.0. The van der Waals surface area contributed by atoms with E-state index in [1.165, 1.54) is 0 Å². The van der Waals surface area contributed by atoms with Crippen LogP contribution < -0.4 is 20.1 Å². The third kappa shape index (κ3) is 3.64. The zero-order chi connectivity index (χ0) is 19.7. The highest BCUT2D eigenvalue weighted by Gasteiger charge is 2.15. The van der Waals surface area contributed by atoms with Gasteiger partial charge in [0.25, 0.3) is 0 Å². The molecular weight excluding hydrogens is 373 g/mol. The van der Waals surface area contributed by atoms with Crippen molar-refractivity contribution in [1.82, 2.24) is 9.97 Å². The predicted octanol–water partition coefficient (Wildman–Crippen LogP) is 4.29. The van der Waals surface area contributed by atoms with Crippen LogP contribution in [0.25, 0.3) is 0 Å². The summed E-state index contributed by atoms with van der Waals surface area (Å²) in [5.74, 6) is -2.22. The number of anilines is 3. The normalized spacial score (nSPS) is 12.1. The molecule has 0 fully saturated rings. The highest BCUT2D eigenvalue weighted by Crippen LogP contribution is 2.32. The van der Waals surface area contributed by atoms with Crippen LogP contribution in [-0.4, -0.2) is 16.8 Å². The number of hydrogen-bond acceptors (Lipinski definition) is 6. The Kier molecular flexibility index (Phi) is 4.64. The van der Waals surface area contributed by atoms with E-state index in [4.69, 9.17) is 9.47 Å². The molecular formula is C19H15F3N4O2. The van der Waals surface area contributed by atoms with E-state index in [2.05, 4.69) is 20.6 Å². The number of nitrogens with zero attached hydrogens (tertiary/aromatic N) is 2. The number of ether oxygens (including phenoxy) is 2. The lowest BCUT2D eigenvalue weighted by atomic mass is 10.2. The maximum absolute atomic E-state index is 13.9. The lowest BCUT2D eigenvalue weighted by molar-refractivity contribution is 0.174. The smallest absolute Gasteiger partial charge is 0.231 e. The Bertz CT molecular complexity index is 1050. The molecule has 2 N–H and O–H groups in total. The van der Waals surface area contributed by atoms with Crippen molar-refractivity contribution in [2.75, 3.05) is 17.4 Å². The molecule has 1 aliphatic rings. The fraction of sp³-hybridized carbons (Fsp3) is 0.158. The third-order valence-electron chi connectivity index (χ3n) is 4.04. The van der Waals surface area contributed by atoms with E-state index in [9.17, 15) is 13.2 Å². The van der Waals surface area contributed by atoms with Gasteiger partial charge in [-0.2, -0.15) is 4.98 Å². The first-order valence-electron chi connectivity index (χ1n) is 8.38. The number of rotatable bonds is 5. The molecule has 3 aromatic rings. The van der Waals surface area contributed by atoms with E-state index < -0.39 is 17.5 Å². The first-order valence-corrected chi connectivity index (χ1v) is 8.38.